The Bertz CT molecular complexity index is 809. The van der Waals surface area contributed by atoms with Gasteiger partial charge < -0.3 is 21.7 Å². The largest absolute Gasteiger partial charge is 0.506 e. The first-order valence-electron chi connectivity index (χ1n) is 6.65. The van der Waals surface area contributed by atoms with Gasteiger partial charge in [0, 0.05) is 11.1 Å². The number of aromatic hydroxyl groups is 2. The number of nitrogens with two attached hydrogens (primary N) is 2. The number of alkyl halides is 6. The van der Waals surface area contributed by atoms with Gasteiger partial charge in [0.1, 0.15) is 11.5 Å². The summed E-state index contributed by atoms with van der Waals surface area (Å²) < 4.78 is 79.9. The normalized spacial score (nSPS) is 14.5. The predicted molar refractivity (Wildman–Crippen MR) is 78.9 cm³/mol. The van der Waals surface area contributed by atoms with Gasteiger partial charge in [0.25, 0.3) is 12.1 Å². The van der Waals surface area contributed by atoms with Crippen LogP contribution < -0.4 is 11.5 Å². The number of nitrogen functional groups attached to an aromatic ring is 2. The van der Waals surface area contributed by atoms with Crippen molar-refractivity contribution < 1.29 is 36.6 Å². The molecule has 0 aromatic heterocycles. The third-order valence-electron chi connectivity index (χ3n) is 3.64. The van der Waals surface area contributed by atoms with Crippen LogP contribution in [0.1, 0.15) is 5.56 Å². The van der Waals surface area contributed by atoms with Crippen molar-refractivity contribution in [3.05, 3.63) is 35.9 Å². The first-order valence-corrected chi connectivity index (χ1v) is 6.65. The molecule has 0 heterocycles. The summed E-state index contributed by atoms with van der Waals surface area (Å²) in [6, 6.07) is 3.85. The summed E-state index contributed by atoms with van der Waals surface area (Å²) in [5.74, 6) is -1.16. The zero-order valence-electron chi connectivity index (χ0n) is 12.3. The molecule has 0 aliphatic rings. The number of benzene rings is 2. The molecule has 0 spiro atoms. The van der Waals surface area contributed by atoms with Crippen LogP contribution in [0.3, 0.4) is 0 Å². The summed E-state index contributed by atoms with van der Waals surface area (Å²) in [7, 11) is 0. The van der Waals surface area contributed by atoms with E-state index in [9.17, 15) is 36.6 Å². The van der Waals surface area contributed by atoms with Crippen LogP contribution in [-0.2, 0) is 5.67 Å². The number of hydrogen-bond donors (Lipinski definition) is 4. The number of hydrogen-bond acceptors (Lipinski definition) is 4. The van der Waals surface area contributed by atoms with Crippen LogP contribution in [0.15, 0.2) is 30.3 Å². The van der Waals surface area contributed by atoms with E-state index in [1.54, 1.807) is 0 Å². The number of anilines is 2. The number of halogens is 6. The molecule has 136 valence electrons. The maximum absolute atomic E-state index is 14.5. The van der Waals surface area contributed by atoms with Crippen LogP contribution in [0.4, 0.5) is 37.7 Å². The molecular weight excluding hydrogens is 354 g/mol. The van der Waals surface area contributed by atoms with E-state index in [0.29, 0.717) is 12.1 Å². The van der Waals surface area contributed by atoms with Gasteiger partial charge in [-0.1, -0.05) is 12.1 Å². The van der Waals surface area contributed by atoms with Gasteiger partial charge in [0.05, 0.1) is 11.4 Å². The van der Waals surface area contributed by atoms with E-state index in [1.807, 2.05) is 0 Å². The third kappa shape index (κ3) is 2.87. The minimum Gasteiger partial charge on any atom is -0.506 e. The lowest BCUT2D eigenvalue weighted by Crippen LogP contribution is -2.45. The van der Waals surface area contributed by atoms with E-state index in [4.69, 9.17) is 11.5 Å². The Morgan fingerprint density at radius 1 is 0.880 bits per heavy atom. The Morgan fingerprint density at radius 3 is 1.92 bits per heavy atom. The van der Waals surface area contributed by atoms with Crippen LogP contribution in [0.25, 0.3) is 11.1 Å². The molecular formula is C15H12F6N2O2. The second-order valence-electron chi connectivity index (χ2n) is 5.20. The van der Waals surface area contributed by atoms with Crippen molar-refractivity contribution in [2.24, 2.45) is 0 Å². The fourth-order valence-electron chi connectivity index (χ4n) is 2.33. The molecule has 0 fully saturated rings. The quantitative estimate of drug-likeness (QED) is 0.376. The van der Waals surface area contributed by atoms with E-state index in [2.05, 4.69) is 0 Å². The van der Waals surface area contributed by atoms with Crippen molar-refractivity contribution in [3.63, 3.8) is 0 Å². The molecule has 4 nitrogen and oxygen atoms in total. The minimum atomic E-state index is -5.96. The highest BCUT2D eigenvalue weighted by molar-refractivity contribution is 5.86. The summed E-state index contributed by atoms with van der Waals surface area (Å²) in [4.78, 5) is 0. The van der Waals surface area contributed by atoms with Crippen LogP contribution in [-0.4, -0.2) is 22.8 Å². The molecule has 25 heavy (non-hydrogen) atoms. The molecule has 0 amide bonds. The van der Waals surface area contributed by atoms with Crippen molar-refractivity contribution >= 4 is 11.4 Å². The van der Waals surface area contributed by atoms with Gasteiger partial charge in [-0.15, -0.1) is 0 Å². The van der Waals surface area contributed by atoms with E-state index < -0.39 is 46.6 Å². The lowest BCUT2D eigenvalue weighted by molar-refractivity contribution is -0.274. The molecule has 1 unspecified atom stereocenters. The van der Waals surface area contributed by atoms with Crippen molar-refractivity contribution in [2.45, 2.75) is 18.3 Å². The number of phenolic OH excluding ortho intramolecular Hbond substituents is 2. The highest BCUT2D eigenvalue weighted by Gasteiger charge is 2.65. The second-order valence-corrected chi connectivity index (χ2v) is 5.20. The standard InChI is InChI=1S/C15H12F6N2O2/c16-13(17)14(18,15(19,20)21)7-2-4-10(25)12(23)11(7)6-1-3-9(24)8(22)5-6/h1-5,13,24-25H,22-23H2. The number of rotatable bonds is 3. The Labute approximate surface area is 137 Å². The van der Waals surface area contributed by atoms with Crippen LogP contribution >= 0.6 is 0 Å². The molecule has 0 saturated carbocycles. The van der Waals surface area contributed by atoms with E-state index in [-0.39, 0.29) is 11.3 Å². The van der Waals surface area contributed by atoms with Crippen LogP contribution in [0.2, 0.25) is 0 Å². The molecule has 2 aromatic rings. The first-order chi connectivity index (χ1) is 11.4. The Balaban J connectivity index is 2.89. The van der Waals surface area contributed by atoms with E-state index in [1.165, 1.54) is 0 Å². The summed E-state index contributed by atoms with van der Waals surface area (Å²) >= 11 is 0. The number of phenols is 2. The highest BCUT2D eigenvalue weighted by atomic mass is 19.4. The van der Waals surface area contributed by atoms with Crippen molar-refractivity contribution in [1.82, 2.24) is 0 Å². The summed E-state index contributed by atoms with van der Waals surface area (Å²) in [5.41, 5.74) is 2.30. The van der Waals surface area contributed by atoms with E-state index >= 15 is 0 Å². The average molecular weight is 366 g/mol. The van der Waals surface area contributed by atoms with Gasteiger partial charge in [-0.2, -0.15) is 13.2 Å². The van der Waals surface area contributed by atoms with Crippen molar-refractivity contribution in [1.29, 1.82) is 0 Å². The van der Waals surface area contributed by atoms with Gasteiger partial charge in [0.2, 0.25) is 0 Å². The lowest BCUT2D eigenvalue weighted by atomic mass is 9.86. The van der Waals surface area contributed by atoms with Gasteiger partial charge in [-0.25, -0.2) is 13.2 Å². The molecule has 10 heteroatoms. The summed E-state index contributed by atoms with van der Waals surface area (Å²) in [6.07, 6.45) is -10.4. The molecule has 0 aliphatic carbocycles. The molecule has 0 aliphatic heterocycles. The van der Waals surface area contributed by atoms with E-state index in [0.717, 1.165) is 18.2 Å². The Hall–Kier alpha value is -2.78. The maximum Gasteiger partial charge on any atom is 0.432 e. The fourth-order valence-corrected chi connectivity index (χ4v) is 2.33. The smallest absolute Gasteiger partial charge is 0.432 e. The topological polar surface area (TPSA) is 92.5 Å². The predicted octanol–water partition coefficient (Wildman–Crippen LogP) is 3.92. The van der Waals surface area contributed by atoms with Crippen molar-refractivity contribution in [3.8, 4) is 22.6 Å². The fraction of sp³-hybridized carbons (Fsp3) is 0.200. The first kappa shape index (κ1) is 18.6. The third-order valence-corrected chi connectivity index (χ3v) is 3.64. The molecule has 1 atom stereocenters. The second kappa shape index (κ2) is 5.94. The van der Waals surface area contributed by atoms with Gasteiger partial charge in [0.15, 0.2) is 0 Å². The highest BCUT2D eigenvalue weighted by Crippen LogP contribution is 2.52. The molecule has 2 aromatic carbocycles. The monoisotopic (exact) mass is 366 g/mol. The zero-order valence-corrected chi connectivity index (χ0v) is 12.3. The maximum atomic E-state index is 14.5. The Kier molecular flexibility index (Phi) is 4.41. The molecule has 2 rings (SSSR count). The molecule has 0 saturated heterocycles. The lowest BCUT2D eigenvalue weighted by Gasteiger charge is -2.30. The van der Waals surface area contributed by atoms with Gasteiger partial charge >= 0.3 is 6.18 Å². The summed E-state index contributed by atoms with van der Waals surface area (Å²) in [6.45, 7) is 0. The summed E-state index contributed by atoms with van der Waals surface area (Å²) in [5, 5.41) is 19.0. The zero-order chi connectivity index (χ0) is 19.2. The molecule has 6 N–H and O–H groups in total. The SMILES string of the molecule is Nc1cc(-c2c(C(F)(C(F)F)C(F)(F)F)ccc(O)c2N)ccc1O. The average Bonchev–Trinajstić information content (AvgIpc) is 2.50. The molecule has 0 radical (unpaired) electrons. The Morgan fingerprint density at radius 2 is 1.44 bits per heavy atom. The molecule has 0 bridgehead atoms. The van der Waals surface area contributed by atoms with Gasteiger partial charge in [-0.3, -0.25) is 0 Å². The van der Waals surface area contributed by atoms with Crippen LogP contribution in [0.5, 0.6) is 11.5 Å². The van der Waals surface area contributed by atoms with Crippen molar-refractivity contribution in [2.75, 3.05) is 11.5 Å². The van der Waals surface area contributed by atoms with Crippen LogP contribution in [0, 0.1) is 0 Å². The van der Waals surface area contributed by atoms with Gasteiger partial charge in [-0.05, 0) is 23.8 Å². The minimum absolute atomic E-state index is 0.286.